The summed E-state index contributed by atoms with van der Waals surface area (Å²) in [5.74, 6) is 0. The van der Waals surface area contributed by atoms with E-state index in [4.69, 9.17) is 12.3 Å². The Bertz CT molecular complexity index is 389. The van der Waals surface area contributed by atoms with Gasteiger partial charge in [0.15, 0.2) is 0 Å². The summed E-state index contributed by atoms with van der Waals surface area (Å²) in [5, 5.41) is 0. The highest BCUT2D eigenvalue weighted by atomic mass is 28.5. The van der Waals surface area contributed by atoms with Gasteiger partial charge in [-0.05, 0) is 19.6 Å². The fraction of sp³-hybridized carbons (Fsp3) is 1.00. The highest BCUT2D eigenvalue weighted by molar-refractivity contribution is 6.93. The minimum absolute atomic E-state index is 0.826. The average molecular weight is 426 g/mol. The second-order valence-corrected chi connectivity index (χ2v) is 16.4. The molecule has 1 heterocycles. The average Bonchev–Trinajstić information content (AvgIpc) is 1.98. The molecular formula is C9H15F9O3Si3. The largest absolute Gasteiger partial charge is 0.415 e. The summed E-state index contributed by atoms with van der Waals surface area (Å²) in [6.07, 6.45) is -14.5. The molecule has 0 saturated carbocycles. The van der Waals surface area contributed by atoms with Crippen LogP contribution in [0.15, 0.2) is 0 Å². The van der Waals surface area contributed by atoms with Crippen molar-refractivity contribution in [3.8, 4) is 0 Å². The van der Waals surface area contributed by atoms with E-state index in [0.717, 1.165) is 19.6 Å². The van der Waals surface area contributed by atoms with Gasteiger partial charge >= 0.3 is 44.2 Å². The van der Waals surface area contributed by atoms with Crippen molar-refractivity contribution in [1.29, 1.82) is 0 Å². The summed E-state index contributed by atoms with van der Waals surface area (Å²) in [5.41, 5.74) is 0. The van der Waals surface area contributed by atoms with Crippen LogP contribution in [0.4, 0.5) is 39.5 Å². The first-order valence-corrected chi connectivity index (χ1v) is 14.1. The molecule has 1 fully saturated rings. The first kappa shape index (κ1) is 21.9. The van der Waals surface area contributed by atoms with Crippen LogP contribution in [0.25, 0.3) is 0 Å². The van der Waals surface area contributed by atoms with E-state index in [2.05, 4.69) is 0 Å². The fourth-order valence-corrected chi connectivity index (χ4v) is 19.2. The van der Waals surface area contributed by atoms with Gasteiger partial charge in [-0.25, -0.2) is 0 Å². The highest BCUT2D eigenvalue weighted by Gasteiger charge is 2.64. The predicted molar refractivity (Wildman–Crippen MR) is 70.7 cm³/mol. The van der Waals surface area contributed by atoms with Gasteiger partial charge < -0.3 is 12.3 Å². The second kappa shape index (κ2) is 6.26. The van der Waals surface area contributed by atoms with Crippen LogP contribution < -0.4 is 0 Å². The third-order valence-corrected chi connectivity index (χ3v) is 16.4. The van der Waals surface area contributed by atoms with Crippen LogP contribution in [0, 0.1) is 0 Å². The molecular weight excluding hydrogens is 411 g/mol. The Kier molecular flexibility index (Phi) is 5.72. The third kappa shape index (κ3) is 7.42. The number of hydrogen-bond donors (Lipinski definition) is 0. The molecule has 15 heteroatoms. The maximum absolute atomic E-state index is 12.7. The molecule has 0 N–H and O–H groups in total. The Hall–Kier alpha value is -0.0994. The summed E-state index contributed by atoms with van der Waals surface area (Å²) < 4.78 is 129. The SMILES string of the molecule is C[Si]1(CC(F)(F)F)O[Si](C)(CC(F)(F)F)O[Si](C)(CC(F)(F)F)O1. The molecule has 3 nitrogen and oxygen atoms in total. The monoisotopic (exact) mass is 426 g/mol. The Morgan fingerprint density at radius 2 is 0.667 bits per heavy atom. The van der Waals surface area contributed by atoms with Crippen molar-refractivity contribution in [3.63, 3.8) is 0 Å². The van der Waals surface area contributed by atoms with Crippen LogP contribution in [0.3, 0.4) is 0 Å². The first-order valence-electron chi connectivity index (χ1n) is 6.55. The number of alkyl halides is 9. The van der Waals surface area contributed by atoms with Crippen molar-refractivity contribution in [2.45, 2.75) is 56.3 Å². The van der Waals surface area contributed by atoms with Crippen LogP contribution >= 0.6 is 0 Å². The zero-order valence-corrected chi connectivity index (χ0v) is 15.7. The van der Waals surface area contributed by atoms with Crippen LogP contribution in [0.5, 0.6) is 0 Å². The lowest BCUT2D eigenvalue weighted by Crippen LogP contribution is -2.69. The molecule has 0 amide bonds. The quantitative estimate of drug-likeness (QED) is 0.472. The summed E-state index contributed by atoms with van der Waals surface area (Å²) >= 11 is 0. The molecule has 1 rings (SSSR count). The smallest absolute Gasteiger partial charge is 0.391 e. The summed E-state index contributed by atoms with van der Waals surface area (Å²) in [6.45, 7) is 2.48. The topological polar surface area (TPSA) is 27.7 Å². The van der Waals surface area contributed by atoms with Gasteiger partial charge in [0, 0.05) is 0 Å². The van der Waals surface area contributed by atoms with E-state index in [0.29, 0.717) is 0 Å². The zero-order chi connectivity index (χ0) is 19.2. The maximum Gasteiger partial charge on any atom is 0.391 e. The molecule has 0 aromatic carbocycles. The molecule has 1 aliphatic rings. The van der Waals surface area contributed by atoms with Gasteiger partial charge in [-0.3, -0.25) is 0 Å². The Balaban J connectivity index is 3.20. The van der Waals surface area contributed by atoms with Crippen molar-refractivity contribution in [2.75, 3.05) is 0 Å². The molecule has 0 aromatic heterocycles. The molecule has 0 atom stereocenters. The summed E-state index contributed by atoms with van der Waals surface area (Å²) in [7, 11) is -13.1. The van der Waals surface area contributed by atoms with Crippen LogP contribution in [-0.4, -0.2) is 44.2 Å². The van der Waals surface area contributed by atoms with Gasteiger partial charge in [0.1, 0.15) is 0 Å². The van der Waals surface area contributed by atoms with Crippen molar-refractivity contribution in [1.82, 2.24) is 0 Å². The fourth-order valence-electron chi connectivity index (χ4n) is 2.74. The minimum Gasteiger partial charge on any atom is -0.415 e. The molecule has 24 heavy (non-hydrogen) atoms. The van der Waals surface area contributed by atoms with Crippen LogP contribution in [0.1, 0.15) is 0 Å². The van der Waals surface area contributed by atoms with Crippen LogP contribution in [-0.2, 0) is 12.3 Å². The van der Waals surface area contributed by atoms with Crippen LogP contribution in [0.2, 0.25) is 37.8 Å². The number of rotatable bonds is 3. The number of halogens is 9. The van der Waals surface area contributed by atoms with E-state index in [1.807, 2.05) is 0 Å². The van der Waals surface area contributed by atoms with Gasteiger partial charge in [-0.2, -0.15) is 39.5 Å². The standard InChI is InChI=1S/C9H15F9O3Si3/c1-22(4-7(10,11)12)19-23(2,5-8(13,14)15)21-24(3,20-22)6-9(16,17)18/h4-6H2,1-3H3. The maximum atomic E-state index is 12.7. The lowest BCUT2D eigenvalue weighted by atomic mass is 10.8. The minimum atomic E-state index is -4.85. The molecule has 0 unspecified atom stereocenters. The second-order valence-electron chi connectivity index (χ2n) is 6.08. The molecule has 0 spiro atoms. The van der Waals surface area contributed by atoms with E-state index in [-0.39, 0.29) is 0 Å². The lowest BCUT2D eigenvalue weighted by molar-refractivity contribution is -0.120. The number of hydrogen-bond acceptors (Lipinski definition) is 3. The van der Waals surface area contributed by atoms with E-state index in [1.165, 1.54) is 0 Å². The molecule has 0 aromatic rings. The van der Waals surface area contributed by atoms with E-state index < -0.39 is 62.3 Å². The Morgan fingerprint density at radius 1 is 0.500 bits per heavy atom. The van der Waals surface area contributed by atoms with E-state index in [1.54, 1.807) is 0 Å². The highest BCUT2D eigenvalue weighted by Crippen LogP contribution is 2.44. The van der Waals surface area contributed by atoms with Gasteiger partial charge in [0.25, 0.3) is 0 Å². The summed E-state index contributed by atoms with van der Waals surface area (Å²) in [6, 6.07) is -5.11. The normalized spacial score (nSPS) is 36.0. The molecule has 0 radical (unpaired) electrons. The zero-order valence-electron chi connectivity index (χ0n) is 12.7. The van der Waals surface area contributed by atoms with Gasteiger partial charge in [-0.15, -0.1) is 0 Å². The van der Waals surface area contributed by atoms with Gasteiger partial charge in [0.2, 0.25) is 0 Å². The molecule has 0 aliphatic carbocycles. The lowest BCUT2D eigenvalue weighted by Gasteiger charge is -2.50. The van der Waals surface area contributed by atoms with Crippen molar-refractivity contribution >= 4 is 25.7 Å². The van der Waals surface area contributed by atoms with Gasteiger partial charge in [-0.1, -0.05) is 0 Å². The van der Waals surface area contributed by atoms with Crippen molar-refractivity contribution in [3.05, 3.63) is 0 Å². The first-order chi connectivity index (χ1) is 10.2. The van der Waals surface area contributed by atoms with E-state index in [9.17, 15) is 39.5 Å². The van der Waals surface area contributed by atoms with Gasteiger partial charge in [0.05, 0.1) is 18.1 Å². The van der Waals surface area contributed by atoms with Crippen molar-refractivity contribution < 1.29 is 51.9 Å². The third-order valence-electron chi connectivity index (χ3n) is 2.86. The predicted octanol–water partition coefficient (Wildman–Crippen LogP) is 4.95. The molecule has 0 bridgehead atoms. The summed E-state index contributed by atoms with van der Waals surface area (Å²) in [4.78, 5) is 0. The molecule has 144 valence electrons. The molecule has 1 saturated heterocycles. The van der Waals surface area contributed by atoms with Crippen molar-refractivity contribution in [2.24, 2.45) is 0 Å². The Morgan fingerprint density at radius 3 is 0.792 bits per heavy atom. The molecule has 1 aliphatic heterocycles. The Labute approximate surface area is 134 Å². The van der Waals surface area contributed by atoms with E-state index >= 15 is 0 Å².